The molecule has 120 valence electrons. The smallest absolute Gasteiger partial charge is 0.240 e. The van der Waals surface area contributed by atoms with Crippen molar-refractivity contribution < 1.29 is 9.26 Å². The van der Waals surface area contributed by atoms with Crippen molar-refractivity contribution in [2.45, 2.75) is 33.4 Å². The maximum absolute atomic E-state index is 11.7. The predicted octanol–water partition coefficient (Wildman–Crippen LogP) is 1.60. The number of H-pyrrole nitrogens is 1. The minimum Gasteiger partial charge on any atom is -0.491 e. The van der Waals surface area contributed by atoms with E-state index in [0.29, 0.717) is 30.6 Å². The Morgan fingerprint density at radius 2 is 2.18 bits per heavy atom. The number of hydrogen-bond donors (Lipinski definition) is 1. The van der Waals surface area contributed by atoms with Gasteiger partial charge in [-0.05, 0) is 13.0 Å². The summed E-state index contributed by atoms with van der Waals surface area (Å²) in [7, 11) is 3.40. The van der Waals surface area contributed by atoms with E-state index in [1.165, 1.54) is 13.2 Å². The molecule has 0 aliphatic heterocycles. The highest BCUT2D eigenvalue weighted by Crippen LogP contribution is 2.08. The molecule has 0 aliphatic carbocycles. The molecule has 0 radical (unpaired) electrons. The lowest BCUT2D eigenvalue weighted by Gasteiger charge is -2.14. The summed E-state index contributed by atoms with van der Waals surface area (Å²) in [4.78, 5) is 21.1. The maximum Gasteiger partial charge on any atom is 0.240 e. The monoisotopic (exact) mass is 306 g/mol. The van der Waals surface area contributed by atoms with Gasteiger partial charge in [0.15, 0.2) is 11.6 Å². The van der Waals surface area contributed by atoms with Crippen LogP contribution in [0.1, 0.15) is 31.3 Å². The molecule has 0 aliphatic rings. The van der Waals surface area contributed by atoms with E-state index in [1.807, 2.05) is 11.9 Å². The van der Waals surface area contributed by atoms with Crippen molar-refractivity contribution >= 4 is 0 Å². The van der Waals surface area contributed by atoms with Crippen LogP contribution < -0.4 is 10.2 Å². The largest absolute Gasteiger partial charge is 0.491 e. The minimum atomic E-state index is -0.137. The lowest BCUT2D eigenvalue weighted by atomic mass is 10.1. The van der Waals surface area contributed by atoms with Gasteiger partial charge in [-0.15, -0.1) is 0 Å². The molecule has 0 aromatic carbocycles. The van der Waals surface area contributed by atoms with Gasteiger partial charge in [0.25, 0.3) is 0 Å². The fourth-order valence-electron chi connectivity index (χ4n) is 2.13. The highest BCUT2D eigenvalue weighted by molar-refractivity contribution is 5.20. The third kappa shape index (κ3) is 4.42. The summed E-state index contributed by atoms with van der Waals surface area (Å²) < 4.78 is 10.2. The Bertz CT molecular complexity index is 663. The van der Waals surface area contributed by atoms with E-state index in [2.05, 4.69) is 29.0 Å². The fraction of sp³-hybridized carbons (Fsp3) is 0.533. The minimum absolute atomic E-state index is 0.137. The van der Waals surface area contributed by atoms with Crippen LogP contribution in [0.25, 0.3) is 0 Å². The molecule has 2 heterocycles. The quantitative estimate of drug-likeness (QED) is 0.836. The molecule has 1 N–H and O–H groups in total. The highest BCUT2D eigenvalue weighted by atomic mass is 16.5. The van der Waals surface area contributed by atoms with Crippen molar-refractivity contribution in [2.24, 2.45) is 5.92 Å². The number of ether oxygens (including phenoxy) is 1. The van der Waals surface area contributed by atoms with Crippen molar-refractivity contribution in [1.29, 1.82) is 0 Å². The predicted molar refractivity (Wildman–Crippen MR) is 81.6 cm³/mol. The molecular formula is C15H22N4O3. The van der Waals surface area contributed by atoms with Crippen LogP contribution in [0.3, 0.4) is 0 Å². The van der Waals surface area contributed by atoms with Gasteiger partial charge in [-0.25, -0.2) is 0 Å². The Labute approximate surface area is 129 Å². The first-order valence-corrected chi connectivity index (χ1v) is 7.23. The Morgan fingerprint density at radius 3 is 2.82 bits per heavy atom. The lowest BCUT2D eigenvalue weighted by molar-refractivity contribution is 0.257. The molecule has 0 unspecified atom stereocenters. The van der Waals surface area contributed by atoms with Gasteiger partial charge in [0.2, 0.25) is 11.3 Å². The van der Waals surface area contributed by atoms with E-state index in [4.69, 9.17) is 9.26 Å². The van der Waals surface area contributed by atoms with Crippen LogP contribution in [0, 0.1) is 5.92 Å². The van der Waals surface area contributed by atoms with E-state index >= 15 is 0 Å². The molecule has 7 heteroatoms. The molecule has 0 spiro atoms. The molecule has 22 heavy (non-hydrogen) atoms. The Hall–Kier alpha value is -2.15. The molecule has 0 amide bonds. The summed E-state index contributed by atoms with van der Waals surface area (Å²) >= 11 is 0. The average Bonchev–Trinajstić information content (AvgIpc) is 2.85. The number of nitrogens with one attached hydrogen (secondary N) is 1. The van der Waals surface area contributed by atoms with E-state index in [9.17, 15) is 4.79 Å². The first kappa shape index (κ1) is 16.2. The average molecular weight is 306 g/mol. The number of rotatable bonds is 7. The third-order valence-corrected chi connectivity index (χ3v) is 3.10. The van der Waals surface area contributed by atoms with Crippen LogP contribution in [0.5, 0.6) is 5.75 Å². The van der Waals surface area contributed by atoms with Crippen molar-refractivity contribution in [3.05, 3.63) is 39.9 Å². The van der Waals surface area contributed by atoms with Crippen LogP contribution in [-0.4, -0.2) is 34.2 Å². The number of hydrogen-bond acceptors (Lipinski definition) is 6. The molecule has 0 saturated carbocycles. The summed E-state index contributed by atoms with van der Waals surface area (Å²) in [6.45, 7) is 5.32. The molecular weight excluding hydrogens is 284 g/mol. The van der Waals surface area contributed by atoms with E-state index in [0.717, 1.165) is 17.9 Å². The lowest BCUT2D eigenvalue weighted by Crippen LogP contribution is -2.19. The summed E-state index contributed by atoms with van der Waals surface area (Å²) in [6, 6.07) is 1.54. The van der Waals surface area contributed by atoms with Gasteiger partial charge in [0.1, 0.15) is 0 Å². The number of methoxy groups -OCH3 is 1. The second-order valence-corrected chi connectivity index (χ2v) is 5.77. The SMILES string of the molecule is COc1c[nH]c(CN(C)Cc2nc(CC(C)C)no2)cc1=O. The Kier molecular flexibility index (Phi) is 5.32. The van der Waals surface area contributed by atoms with E-state index in [-0.39, 0.29) is 5.43 Å². The first-order valence-electron chi connectivity index (χ1n) is 7.23. The number of aromatic amines is 1. The van der Waals surface area contributed by atoms with Gasteiger partial charge in [-0.3, -0.25) is 9.69 Å². The van der Waals surface area contributed by atoms with Crippen molar-refractivity contribution in [3.63, 3.8) is 0 Å². The van der Waals surface area contributed by atoms with Gasteiger partial charge >= 0.3 is 0 Å². The van der Waals surface area contributed by atoms with Crippen LogP contribution in [0.15, 0.2) is 21.6 Å². The van der Waals surface area contributed by atoms with Gasteiger partial charge < -0.3 is 14.2 Å². The number of pyridine rings is 1. The van der Waals surface area contributed by atoms with Gasteiger partial charge in [0, 0.05) is 30.9 Å². The number of nitrogens with zero attached hydrogens (tertiary/aromatic N) is 3. The molecule has 0 saturated heterocycles. The van der Waals surface area contributed by atoms with Crippen LogP contribution >= 0.6 is 0 Å². The van der Waals surface area contributed by atoms with Crippen LogP contribution in [0.2, 0.25) is 0 Å². The summed E-state index contributed by atoms with van der Waals surface area (Å²) in [5.74, 6) is 2.11. The van der Waals surface area contributed by atoms with Crippen LogP contribution in [0.4, 0.5) is 0 Å². The molecule has 0 bridgehead atoms. The first-order chi connectivity index (χ1) is 10.5. The summed E-state index contributed by atoms with van der Waals surface area (Å²) in [5.41, 5.74) is 0.664. The second-order valence-electron chi connectivity index (χ2n) is 5.77. The zero-order chi connectivity index (χ0) is 16.1. The van der Waals surface area contributed by atoms with Gasteiger partial charge in [-0.2, -0.15) is 4.98 Å². The zero-order valence-corrected chi connectivity index (χ0v) is 13.4. The molecule has 0 fully saturated rings. The number of aromatic nitrogens is 3. The molecule has 2 aromatic heterocycles. The highest BCUT2D eigenvalue weighted by Gasteiger charge is 2.11. The molecule has 2 rings (SSSR count). The molecule has 7 nitrogen and oxygen atoms in total. The van der Waals surface area contributed by atoms with E-state index < -0.39 is 0 Å². The van der Waals surface area contributed by atoms with Crippen molar-refractivity contribution in [2.75, 3.05) is 14.2 Å². The fourth-order valence-corrected chi connectivity index (χ4v) is 2.13. The van der Waals surface area contributed by atoms with Gasteiger partial charge in [-0.1, -0.05) is 19.0 Å². The van der Waals surface area contributed by atoms with Crippen molar-refractivity contribution in [3.8, 4) is 5.75 Å². The standard InChI is InChI=1S/C15H22N4O3/c1-10(2)5-14-17-15(22-18-14)9-19(3)8-11-6-12(20)13(21-4)7-16-11/h6-7,10H,5,8-9H2,1-4H3,(H,16,20). The zero-order valence-electron chi connectivity index (χ0n) is 13.4. The van der Waals surface area contributed by atoms with Crippen LogP contribution in [-0.2, 0) is 19.5 Å². The van der Waals surface area contributed by atoms with Crippen molar-refractivity contribution in [1.82, 2.24) is 20.0 Å². The summed E-state index contributed by atoms with van der Waals surface area (Å²) in [6.07, 6.45) is 2.37. The van der Waals surface area contributed by atoms with Gasteiger partial charge in [0.05, 0.1) is 13.7 Å². The summed E-state index contributed by atoms with van der Waals surface area (Å²) in [5, 5.41) is 3.97. The van der Waals surface area contributed by atoms with E-state index in [1.54, 1.807) is 6.20 Å². The maximum atomic E-state index is 11.7. The Balaban J connectivity index is 1.95. The molecule has 0 atom stereocenters. The second kappa shape index (κ2) is 7.22. The normalized spacial score (nSPS) is 11.4. The topological polar surface area (TPSA) is 84.2 Å². The Morgan fingerprint density at radius 1 is 1.41 bits per heavy atom. The third-order valence-electron chi connectivity index (χ3n) is 3.10. The molecule has 2 aromatic rings.